The van der Waals surface area contributed by atoms with Crippen molar-refractivity contribution in [3.8, 4) is 11.8 Å². The quantitative estimate of drug-likeness (QED) is 0.415. The molecule has 0 spiro atoms. The molecule has 0 bridgehead atoms. The second-order valence-electron chi connectivity index (χ2n) is 8.54. The van der Waals surface area contributed by atoms with Gasteiger partial charge in [-0.15, -0.1) is 0 Å². The third kappa shape index (κ3) is 6.10. The molecule has 0 N–H and O–H groups in total. The van der Waals surface area contributed by atoms with Crippen molar-refractivity contribution in [1.82, 2.24) is 0 Å². The van der Waals surface area contributed by atoms with Gasteiger partial charge in [-0.05, 0) is 72.8 Å². The summed E-state index contributed by atoms with van der Waals surface area (Å²) in [6.45, 7) is 4.94. The third-order valence-corrected chi connectivity index (χ3v) is 6.48. The molecule has 3 rings (SSSR count). The molecule has 0 heterocycles. The van der Waals surface area contributed by atoms with Crippen molar-refractivity contribution in [3.05, 3.63) is 64.7 Å². The molecular formula is C27H35NO. The van der Waals surface area contributed by atoms with E-state index in [2.05, 4.69) is 56.3 Å². The van der Waals surface area contributed by atoms with Gasteiger partial charge in [0, 0.05) is 0 Å². The second-order valence-corrected chi connectivity index (χ2v) is 8.54. The summed E-state index contributed by atoms with van der Waals surface area (Å²) >= 11 is 0. The van der Waals surface area contributed by atoms with Crippen LogP contribution in [0.3, 0.4) is 0 Å². The van der Waals surface area contributed by atoms with E-state index in [1.807, 2.05) is 6.07 Å². The molecule has 29 heavy (non-hydrogen) atoms. The number of hydrogen-bond donors (Lipinski definition) is 0. The molecule has 2 aromatic carbocycles. The largest absolute Gasteiger partial charge is 0.488 e. The third-order valence-electron chi connectivity index (χ3n) is 6.48. The normalized spacial score (nSPS) is 18.9. The van der Waals surface area contributed by atoms with Crippen LogP contribution in [0.2, 0.25) is 0 Å². The lowest BCUT2D eigenvalue weighted by atomic mass is 9.77. The standard InChI is InChI=1S/C27H35NO/c1-3-5-6-7-22-12-14-24(15-13-22)25-16-17-27(26(18-25)19-28)29-20-23-10-8-21(4-2)9-11-23/h8-11,16-18,22,24H,3-7,12-15,20H2,1-2H3. The van der Waals surface area contributed by atoms with Crippen molar-refractivity contribution in [2.24, 2.45) is 5.92 Å². The van der Waals surface area contributed by atoms with Crippen LogP contribution < -0.4 is 4.74 Å². The zero-order valence-corrected chi connectivity index (χ0v) is 18.1. The molecule has 0 amide bonds. The van der Waals surface area contributed by atoms with Crippen molar-refractivity contribution in [1.29, 1.82) is 5.26 Å². The Hall–Kier alpha value is -2.27. The molecule has 1 saturated carbocycles. The monoisotopic (exact) mass is 389 g/mol. The van der Waals surface area contributed by atoms with Crippen LogP contribution in [-0.4, -0.2) is 0 Å². The average molecular weight is 390 g/mol. The molecule has 0 atom stereocenters. The summed E-state index contributed by atoms with van der Waals surface area (Å²) in [5.74, 6) is 2.21. The van der Waals surface area contributed by atoms with Crippen LogP contribution in [0.4, 0.5) is 0 Å². The Morgan fingerprint density at radius 3 is 2.31 bits per heavy atom. The maximum atomic E-state index is 9.64. The highest BCUT2D eigenvalue weighted by Crippen LogP contribution is 2.38. The Bertz CT molecular complexity index is 794. The lowest BCUT2D eigenvalue weighted by Gasteiger charge is -2.29. The fourth-order valence-electron chi connectivity index (χ4n) is 4.51. The molecule has 0 saturated heterocycles. The average Bonchev–Trinajstić information content (AvgIpc) is 2.78. The van der Waals surface area contributed by atoms with Crippen LogP contribution in [0.5, 0.6) is 5.75 Å². The minimum atomic E-state index is 0.501. The topological polar surface area (TPSA) is 33.0 Å². The molecule has 1 aliphatic rings. The first-order valence-electron chi connectivity index (χ1n) is 11.5. The molecule has 2 aromatic rings. The van der Waals surface area contributed by atoms with Gasteiger partial charge in [0.25, 0.3) is 0 Å². The van der Waals surface area contributed by atoms with Crippen molar-refractivity contribution in [3.63, 3.8) is 0 Å². The Morgan fingerprint density at radius 2 is 1.66 bits per heavy atom. The van der Waals surface area contributed by atoms with E-state index in [4.69, 9.17) is 4.74 Å². The fraction of sp³-hybridized carbons (Fsp3) is 0.519. The lowest BCUT2D eigenvalue weighted by molar-refractivity contribution is 0.299. The molecule has 0 unspecified atom stereocenters. The Labute approximate surface area is 176 Å². The van der Waals surface area contributed by atoms with Gasteiger partial charge in [-0.1, -0.05) is 69.9 Å². The van der Waals surface area contributed by atoms with Gasteiger partial charge in [0.05, 0.1) is 5.56 Å². The van der Waals surface area contributed by atoms with E-state index in [-0.39, 0.29) is 0 Å². The zero-order chi connectivity index (χ0) is 20.5. The fourth-order valence-corrected chi connectivity index (χ4v) is 4.51. The predicted octanol–water partition coefficient (Wildman–Crippen LogP) is 7.55. The van der Waals surface area contributed by atoms with Gasteiger partial charge in [0.15, 0.2) is 0 Å². The number of nitriles is 1. The van der Waals surface area contributed by atoms with Crippen LogP contribution in [0, 0.1) is 17.2 Å². The van der Waals surface area contributed by atoms with E-state index in [1.54, 1.807) is 0 Å². The summed E-state index contributed by atoms with van der Waals surface area (Å²) < 4.78 is 5.98. The Morgan fingerprint density at radius 1 is 0.931 bits per heavy atom. The predicted molar refractivity (Wildman–Crippen MR) is 120 cm³/mol. The summed E-state index contributed by atoms with van der Waals surface area (Å²) in [7, 11) is 0. The van der Waals surface area contributed by atoms with Crippen LogP contribution in [0.25, 0.3) is 0 Å². The smallest absolute Gasteiger partial charge is 0.137 e. The number of benzene rings is 2. The summed E-state index contributed by atoms with van der Waals surface area (Å²) in [6, 6.07) is 17.1. The second kappa shape index (κ2) is 11.1. The molecule has 154 valence electrons. The first kappa shape index (κ1) is 21.4. The highest BCUT2D eigenvalue weighted by molar-refractivity contribution is 5.46. The van der Waals surface area contributed by atoms with E-state index in [9.17, 15) is 5.26 Å². The maximum absolute atomic E-state index is 9.64. The van der Waals surface area contributed by atoms with Gasteiger partial charge in [0.1, 0.15) is 18.4 Å². The summed E-state index contributed by atoms with van der Waals surface area (Å²) in [4.78, 5) is 0. The van der Waals surface area contributed by atoms with E-state index >= 15 is 0 Å². The van der Waals surface area contributed by atoms with E-state index in [0.717, 1.165) is 17.9 Å². The molecule has 1 aliphatic carbocycles. The maximum Gasteiger partial charge on any atom is 0.137 e. The number of unbranched alkanes of at least 4 members (excludes halogenated alkanes) is 2. The van der Waals surface area contributed by atoms with Crippen molar-refractivity contribution in [2.45, 2.75) is 84.2 Å². The van der Waals surface area contributed by atoms with Crippen LogP contribution >= 0.6 is 0 Å². The van der Waals surface area contributed by atoms with Crippen molar-refractivity contribution >= 4 is 0 Å². The van der Waals surface area contributed by atoms with Crippen LogP contribution in [-0.2, 0) is 13.0 Å². The van der Waals surface area contributed by atoms with Gasteiger partial charge < -0.3 is 4.74 Å². The number of hydrogen-bond acceptors (Lipinski definition) is 2. The molecule has 2 heteroatoms. The molecule has 0 aliphatic heterocycles. The van der Waals surface area contributed by atoms with Gasteiger partial charge in [-0.3, -0.25) is 0 Å². The number of nitrogens with zero attached hydrogens (tertiary/aromatic N) is 1. The highest BCUT2D eigenvalue weighted by atomic mass is 16.5. The number of rotatable bonds is 9. The molecule has 2 nitrogen and oxygen atoms in total. The first-order chi connectivity index (χ1) is 14.2. The Balaban J connectivity index is 1.56. The lowest BCUT2D eigenvalue weighted by Crippen LogP contribution is -2.13. The first-order valence-corrected chi connectivity index (χ1v) is 11.5. The molecule has 1 fully saturated rings. The number of ether oxygens (including phenoxy) is 1. The van der Waals surface area contributed by atoms with Crippen LogP contribution in [0.15, 0.2) is 42.5 Å². The van der Waals surface area contributed by atoms with E-state index in [1.165, 1.54) is 62.5 Å². The molecule has 0 aromatic heterocycles. The van der Waals surface area contributed by atoms with Crippen molar-refractivity contribution < 1.29 is 4.74 Å². The van der Waals surface area contributed by atoms with Gasteiger partial charge in [-0.2, -0.15) is 5.26 Å². The van der Waals surface area contributed by atoms with Crippen LogP contribution in [0.1, 0.15) is 93.4 Å². The Kier molecular flexibility index (Phi) is 8.17. The van der Waals surface area contributed by atoms with Crippen molar-refractivity contribution in [2.75, 3.05) is 0 Å². The van der Waals surface area contributed by atoms with Gasteiger partial charge >= 0.3 is 0 Å². The number of aryl methyl sites for hydroxylation is 1. The summed E-state index contributed by atoms with van der Waals surface area (Å²) in [5.41, 5.74) is 4.44. The zero-order valence-electron chi connectivity index (χ0n) is 18.1. The van der Waals surface area contributed by atoms with E-state index in [0.29, 0.717) is 23.8 Å². The van der Waals surface area contributed by atoms with E-state index < -0.39 is 0 Å². The molecule has 0 radical (unpaired) electrons. The van der Waals surface area contributed by atoms with Gasteiger partial charge in [0.2, 0.25) is 0 Å². The molecular weight excluding hydrogens is 354 g/mol. The summed E-state index contributed by atoms with van der Waals surface area (Å²) in [6.07, 6.45) is 11.7. The summed E-state index contributed by atoms with van der Waals surface area (Å²) in [5, 5.41) is 9.64. The highest BCUT2D eigenvalue weighted by Gasteiger charge is 2.22. The van der Waals surface area contributed by atoms with Gasteiger partial charge in [-0.25, -0.2) is 0 Å². The SMILES string of the molecule is CCCCCC1CCC(c2ccc(OCc3ccc(CC)cc3)c(C#N)c2)CC1. The minimum Gasteiger partial charge on any atom is -0.488 e. The minimum absolute atomic E-state index is 0.501.